The Hall–Kier alpha value is -3.19. The van der Waals surface area contributed by atoms with Gasteiger partial charge < -0.3 is 19.7 Å². The maximum Gasteiger partial charge on any atom is 0.167 e. The smallest absolute Gasteiger partial charge is 0.167 e. The number of oxime groups is 1. The summed E-state index contributed by atoms with van der Waals surface area (Å²) in [4.78, 5) is 13.6. The summed E-state index contributed by atoms with van der Waals surface area (Å²) in [6.45, 7) is 7.28. The fourth-order valence-electron chi connectivity index (χ4n) is 5.93. The SMILES string of the molecule is OCCN1CCN(CCCN2c3ccccc3C3ON=C(c4ccccc4)C3c3ccccc32)CC1. The van der Waals surface area contributed by atoms with E-state index in [0.29, 0.717) is 0 Å². The molecule has 0 amide bonds. The number of nitrogens with zero attached hydrogens (tertiary/aromatic N) is 4. The predicted molar refractivity (Wildman–Crippen MR) is 144 cm³/mol. The molecular weight excluding hydrogens is 448 g/mol. The zero-order valence-corrected chi connectivity index (χ0v) is 20.7. The number of aliphatic hydroxyl groups excluding tert-OH is 1. The van der Waals surface area contributed by atoms with Gasteiger partial charge in [-0.3, -0.25) is 4.90 Å². The van der Waals surface area contributed by atoms with Gasteiger partial charge in [-0.2, -0.15) is 0 Å². The van der Waals surface area contributed by atoms with Crippen LogP contribution in [0.5, 0.6) is 0 Å². The molecule has 1 fully saturated rings. The molecule has 2 unspecified atom stereocenters. The first kappa shape index (κ1) is 23.2. The molecule has 6 rings (SSSR count). The highest BCUT2D eigenvalue weighted by atomic mass is 16.6. The third-order valence-electron chi connectivity index (χ3n) is 7.77. The van der Waals surface area contributed by atoms with Crippen molar-refractivity contribution in [2.45, 2.75) is 18.4 Å². The van der Waals surface area contributed by atoms with Crippen LogP contribution in [-0.4, -0.2) is 73.0 Å². The van der Waals surface area contributed by atoms with Crippen LogP contribution < -0.4 is 4.90 Å². The van der Waals surface area contributed by atoms with Gasteiger partial charge in [-0.15, -0.1) is 0 Å². The maximum atomic E-state index is 9.22. The van der Waals surface area contributed by atoms with Crippen molar-refractivity contribution in [3.8, 4) is 0 Å². The van der Waals surface area contributed by atoms with Crippen molar-refractivity contribution >= 4 is 17.1 Å². The van der Waals surface area contributed by atoms with E-state index >= 15 is 0 Å². The lowest BCUT2D eigenvalue weighted by molar-refractivity contribution is 0.0772. The number of piperazine rings is 1. The molecule has 6 nitrogen and oxygen atoms in total. The average molecular weight is 483 g/mol. The van der Waals surface area contributed by atoms with Gasteiger partial charge in [0.2, 0.25) is 0 Å². The van der Waals surface area contributed by atoms with Crippen molar-refractivity contribution in [3.05, 3.63) is 95.6 Å². The van der Waals surface area contributed by atoms with Crippen LogP contribution in [0.2, 0.25) is 0 Å². The minimum absolute atomic E-state index is 0.0503. The first-order chi connectivity index (χ1) is 17.8. The average Bonchev–Trinajstić information content (AvgIpc) is 3.33. The predicted octanol–water partition coefficient (Wildman–Crippen LogP) is 4.40. The molecule has 3 aliphatic rings. The Kier molecular flexibility index (Phi) is 6.73. The summed E-state index contributed by atoms with van der Waals surface area (Å²) < 4.78 is 0. The Balaban J connectivity index is 1.28. The Morgan fingerprint density at radius 3 is 2.06 bits per heavy atom. The second-order valence-electron chi connectivity index (χ2n) is 9.88. The van der Waals surface area contributed by atoms with Crippen molar-refractivity contribution in [3.63, 3.8) is 0 Å². The molecule has 0 radical (unpaired) electrons. The largest absolute Gasteiger partial charge is 0.395 e. The third-order valence-corrected chi connectivity index (χ3v) is 7.77. The van der Waals surface area contributed by atoms with Crippen molar-refractivity contribution in [1.29, 1.82) is 0 Å². The third kappa shape index (κ3) is 4.41. The Morgan fingerprint density at radius 1 is 0.722 bits per heavy atom. The second kappa shape index (κ2) is 10.4. The van der Waals surface area contributed by atoms with Gasteiger partial charge >= 0.3 is 0 Å². The van der Waals surface area contributed by atoms with Gasteiger partial charge in [-0.05, 0) is 30.7 Å². The fourth-order valence-corrected chi connectivity index (χ4v) is 5.93. The minimum atomic E-state index is -0.137. The van der Waals surface area contributed by atoms with E-state index in [1.165, 1.54) is 22.5 Å². The molecule has 3 aliphatic heterocycles. The molecule has 3 heterocycles. The lowest BCUT2D eigenvalue weighted by Crippen LogP contribution is -2.47. The van der Waals surface area contributed by atoms with Crippen molar-refractivity contribution in [1.82, 2.24) is 9.80 Å². The summed E-state index contributed by atoms with van der Waals surface area (Å²) in [5, 5.41) is 13.8. The second-order valence-corrected chi connectivity index (χ2v) is 9.88. The van der Waals surface area contributed by atoms with Crippen molar-refractivity contribution in [2.75, 3.05) is 57.3 Å². The highest BCUT2D eigenvalue weighted by Gasteiger charge is 2.43. The number of anilines is 2. The quantitative estimate of drug-likeness (QED) is 0.541. The summed E-state index contributed by atoms with van der Waals surface area (Å²) >= 11 is 0. The number of hydrogen-bond donors (Lipinski definition) is 1. The maximum absolute atomic E-state index is 9.22. The van der Waals surface area contributed by atoms with E-state index in [1.54, 1.807) is 0 Å². The van der Waals surface area contributed by atoms with Gasteiger partial charge in [0.15, 0.2) is 6.10 Å². The van der Waals surface area contributed by atoms with Crippen LogP contribution in [0.25, 0.3) is 0 Å². The van der Waals surface area contributed by atoms with Gasteiger partial charge in [0, 0.05) is 61.8 Å². The Bertz CT molecular complexity index is 1210. The van der Waals surface area contributed by atoms with Crippen LogP contribution in [0, 0.1) is 0 Å². The van der Waals surface area contributed by atoms with Crippen LogP contribution >= 0.6 is 0 Å². The molecule has 1 saturated heterocycles. The number of fused-ring (bicyclic) bond motifs is 5. The van der Waals surface area contributed by atoms with E-state index in [2.05, 4.69) is 92.7 Å². The van der Waals surface area contributed by atoms with Crippen LogP contribution in [0.3, 0.4) is 0 Å². The van der Waals surface area contributed by atoms with E-state index in [9.17, 15) is 5.11 Å². The molecule has 6 heteroatoms. The van der Waals surface area contributed by atoms with E-state index < -0.39 is 0 Å². The van der Waals surface area contributed by atoms with Crippen LogP contribution in [-0.2, 0) is 4.84 Å². The lowest BCUT2D eigenvalue weighted by Gasteiger charge is -2.35. The molecule has 0 aliphatic carbocycles. The van der Waals surface area contributed by atoms with Gasteiger partial charge in [0.25, 0.3) is 0 Å². The first-order valence-corrected chi connectivity index (χ1v) is 13.1. The first-order valence-electron chi connectivity index (χ1n) is 13.1. The van der Waals surface area contributed by atoms with Crippen LogP contribution in [0.1, 0.15) is 35.1 Å². The zero-order chi connectivity index (χ0) is 24.3. The summed E-state index contributed by atoms with van der Waals surface area (Å²) in [6, 6.07) is 27.9. The molecule has 3 aromatic rings. The highest BCUT2D eigenvalue weighted by Crippen LogP contribution is 2.51. The fraction of sp³-hybridized carbons (Fsp3) is 0.367. The zero-order valence-electron chi connectivity index (χ0n) is 20.7. The molecule has 2 atom stereocenters. The summed E-state index contributed by atoms with van der Waals surface area (Å²) in [6.07, 6.45) is 0.945. The number of para-hydroxylation sites is 2. The molecule has 0 saturated carbocycles. The van der Waals surface area contributed by atoms with Gasteiger partial charge in [-0.1, -0.05) is 71.9 Å². The number of rotatable bonds is 7. The molecule has 0 bridgehead atoms. The van der Waals surface area contributed by atoms with Gasteiger partial charge in [0.1, 0.15) is 0 Å². The molecule has 1 N–H and O–H groups in total. The Labute approximate surface area is 213 Å². The Morgan fingerprint density at radius 2 is 1.33 bits per heavy atom. The van der Waals surface area contributed by atoms with E-state index in [-0.39, 0.29) is 18.6 Å². The lowest BCUT2D eigenvalue weighted by atomic mass is 9.83. The standard InChI is InChI=1S/C30H34N4O2/c35-22-21-33-19-17-32(18-20-33)15-8-16-34-26-13-6-4-11-24(26)28-29(23-9-2-1-3-10-23)31-36-30(28)25-12-5-7-14-27(25)34/h1-7,9-14,28,30,35H,8,15-22H2. The number of benzene rings is 3. The van der Waals surface area contributed by atoms with Gasteiger partial charge in [-0.25, -0.2) is 0 Å². The van der Waals surface area contributed by atoms with Crippen LogP contribution in [0.15, 0.2) is 84.0 Å². The van der Waals surface area contributed by atoms with Gasteiger partial charge in [0.05, 0.1) is 18.2 Å². The number of aliphatic hydroxyl groups is 1. The normalized spacial score (nSPS) is 21.7. The molecule has 3 aromatic carbocycles. The van der Waals surface area contributed by atoms with E-state index in [1.807, 2.05) is 6.07 Å². The summed E-state index contributed by atoms with van der Waals surface area (Å²) in [7, 11) is 0. The molecule has 186 valence electrons. The minimum Gasteiger partial charge on any atom is -0.395 e. The van der Waals surface area contributed by atoms with Crippen LogP contribution in [0.4, 0.5) is 11.4 Å². The molecule has 36 heavy (non-hydrogen) atoms. The number of hydrogen-bond acceptors (Lipinski definition) is 6. The van der Waals surface area contributed by atoms with E-state index in [0.717, 1.165) is 63.5 Å². The highest BCUT2D eigenvalue weighted by molar-refractivity contribution is 6.07. The topological polar surface area (TPSA) is 51.5 Å². The molecular formula is C30H34N4O2. The molecule has 0 spiro atoms. The molecule has 0 aromatic heterocycles. The van der Waals surface area contributed by atoms with Crippen molar-refractivity contribution < 1.29 is 9.94 Å². The van der Waals surface area contributed by atoms with Crippen molar-refractivity contribution in [2.24, 2.45) is 5.16 Å². The number of β-amino-alcohol motifs (C(OH)–C–C–N with tert-alkyl or cyclic N) is 1. The summed E-state index contributed by atoms with van der Waals surface area (Å²) in [5.41, 5.74) is 7.06. The van der Waals surface area contributed by atoms with E-state index in [4.69, 9.17) is 4.84 Å². The monoisotopic (exact) mass is 482 g/mol. The summed E-state index contributed by atoms with van der Waals surface area (Å²) in [5.74, 6) is 0.0503.